The first-order valence-corrected chi connectivity index (χ1v) is 7.64. The largest absolute Gasteiger partial charge is 0.497 e. The zero-order chi connectivity index (χ0) is 19.9. The van der Waals surface area contributed by atoms with Crippen LogP contribution in [0.4, 0.5) is 19.0 Å². The van der Waals surface area contributed by atoms with Crippen molar-refractivity contribution in [3.63, 3.8) is 0 Å². The monoisotopic (exact) mass is 383 g/mol. The molecule has 7 nitrogen and oxygen atoms in total. The lowest BCUT2D eigenvalue weighted by Crippen LogP contribution is -2.35. The van der Waals surface area contributed by atoms with Gasteiger partial charge in [-0.2, -0.15) is 13.2 Å². The van der Waals surface area contributed by atoms with Gasteiger partial charge < -0.3 is 20.1 Å². The van der Waals surface area contributed by atoms with Crippen LogP contribution >= 0.6 is 0 Å². The van der Waals surface area contributed by atoms with Crippen LogP contribution in [0.1, 0.15) is 5.56 Å². The Morgan fingerprint density at radius 3 is 2.26 bits per heavy atom. The molecule has 0 saturated heterocycles. The summed E-state index contributed by atoms with van der Waals surface area (Å²) in [6, 6.07) is 8.39. The van der Waals surface area contributed by atoms with Crippen LogP contribution in [-0.4, -0.2) is 37.1 Å². The van der Waals surface area contributed by atoms with E-state index in [4.69, 9.17) is 9.47 Å². The molecule has 0 atom stereocenters. The number of carbonyl (C=O) groups is 2. The standard InChI is InChI=1S/C17H16F3N3O4/c1-26-12-3-5-13(6-4-12)27-10-16(25)22-9-15(24)23-14-7-2-11(8-21-14)17(18,19)20/h2-8H,9-10H2,1H3,(H,22,25)(H,21,23,24). The molecule has 0 aliphatic carbocycles. The average Bonchev–Trinajstić information content (AvgIpc) is 2.65. The van der Waals surface area contributed by atoms with Crippen molar-refractivity contribution >= 4 is 17.6 Å². The van der Waals surface area contributed by atoms with Crippen LogP contribution < -0.4 is 20.1 Å². The summed E-state index contributed by atoms with van der Waals surface area (Å²) in [5, 5.41) is 4.60. The highest BCUT2D eigenvalue weighted by atomic mass is 19.4. The summed E-state index contributed by atoms with van der Waals surface area (Å²) in [5.41, 5.74) is -0.926. The van der Waals surface area contributed by atoms with Gasteiger partial charge in [0.05, 0.1) is 19.2 Å². The van der Waals surface area contributed by atoms with E-state index in [1.54, 1.807) is 24.3 Å². The smallest absolute Gasteiger partial charge is 0.417 e. The van der Waals surface area contributed by atoms with Crippen LogP contribution in [0.25, 0.3) is 0 Å². The number of benzene rings is 1. The van der Waals surface area contributed by atoms with Crippen LogP contribution in [0.2, 0.25) is 0 Å². The van der Waals surface area contributed by atoms with Crippen LogP contribution in [0.3, 0.4) is 0 Å². The Bertz CT molecular complexity index is 778. The molecule has 1 heterocycles. The first kappa shape index (κ1) is 20.0. The highest BCUT2D eigenvalue weighted by Crippen LogP contribution is 2.28. The SMILES string of the molecule is COc1ccc(OCC(=O)NCC(=O)Nc2ccc(C(F)(F)F)cn2)cc1. The average molecular weight is 383 g/mol. The molecule has 0 radical (unpaired) electrons. The number of hydrogen-bond donors (Lipinski definition) is 2. The van der Waals surface area contributed by atoms with E-state index in [0.29, 0.717) is 17.7 Å². The zero-order valence-electron chi connectivity index (χ0n) is 14.2. The topological polar surface area (TPSA) is 89.5 Å². The van der Waals surface area contributed by atoms with Gasteiger partial charge in [0.25, 0.3) is 5.91 Å². The Balaban J connectivity index is 1.73. The summed E-state index contributed by atoms with van der Waals surface area (Å²) in [6.07, 6.45) is -3.90. The normalized spacial score (nSPS) is 10.8. The quantitative estimate of drug-likeness (QED) is 0.766. The van der Waals surface area contributed by atoms with Gasteiger partial charge in [-0.15, -0.1) is 0 Å². The lowest BCUT2D eigenvalue weighted by atomic mass is 10.3. The van der Waals surface area contributed by atoms with E-state index in [1.165, 1.54) is 7.11 Å². The predicted molar refractivity (Wildman–Crippen MR) is 89.4 cm³/mol. The summed E-state index contributed by atoms with van der Waals surface area (Å²) in [4.78, 5) is 26.9. The lowest BCUT2D eigenvalue weighted by Gasteiger charge is -2.09. The van der Waals surface area contributed by atoms with Gasteiger partial charge in [-0.05, 0) is 36.4 Å². The Kier molecular flexibility index (Phi) is 6.58. The molecule has 0 bridgehead atoms. The van der Waals surface area contributed by atoms with Crippen molar-refractivity contribution in [2.45, 2.75) is 6.18 Å². The number of alkyl halides is 3. The number of carbonyl (C=O) groups excluding carboxylic acids is 2. The number of pyridine rings is 1. The molecule has 1 aromatic heterocycles. The maximum absolute atomic E-state index is 12.4. The zero-order valence-corrected chi connectivity index (χ0v) is 14.2. The third-order valence-corrected chi connectivity index (χ3v) is 3.23. The molecular formula is C17H16F3N3O4. The number of hydrogen-bond acceptors (Lipinski definition) is 5. The van der Waals surface area contributed by atoms with Crippen molar-refractivity contribution in [1.29, 1.82) is 0 Å². The molecule has 2 aromatic rings. The van der Waals surface area contributed by atoms with Crippen molar-refractivity contribution in [2.24, 2.45) is 0 Å². The van der Waals surface area contributed by atoms with E-state index < -0.39 is 23.6 Å². The van der Waals surface area contributed by atoms with Crippen molar-refractivity contribution < 1.29 is 32.2 Å². The summed E-state index contributed by atoms with van der Waals surface area (Å²) >= 11 is 0. The number of nitrogens with one attached hydrogen (secondary N) is 2. The van der Waals surface area contributed by atoms with E-state index in [-0.39, 0.29) is 19.0 Å². The van der Waals surface area contributed by atoms with Crippen molar-refractivity contribution in [3.05, 3.63) is 48.2 Å². The highest BCUT2D eigenvalue weighted by Gasteiger charge is 2.30. The van der Waals surface area contributed by atoms with Gasteiger partial charge in [0.15, 0.2) is 6.61 Å². The lowest BCUT2D eigenvalue weighted by molar-refractivity contribution is -0.137. The second-order valence-corrected chi connectivity index (χ2v) is 5.22. The van der Waals surface area contributed by atoms with Crippen molar-refractivity contribution in [1.82, 2.24) is 10.3 Å². The predicted octanol–water partition coefficient (Wildman–Crippen LogP) is 2.24. The number of nitrogens with zero attached hydrogens (tertiary/aromatic N) is 1. The number of amides is 2. The highest BCUT2D eigenvalue weighted by molar-refractivity contribution is 5.93. The minimum absolute atomic E-state index is 0.0586. The van der Waals surface area contributed by atoms with Gasteiger partial charge in [0.1, 0.15) is 17.3 Å². The third-order valence-electron chi connectivity index (χ3n) is 3.23. The number of anilines is 1. The Morgan fingerprint density at radius 2 is 1.70 bits per heavy atom. The fourth-order valence-corrected chi connectivity index (χ4v) is 1.87. The first-order valence-electron chi connectivity index (χ1n) is 7.64. The Hall–Kier alpha value is -3.30. The van der Waals surface area contributed by atoms with Crippen molar-refractivity contribution in [2.75, 3.05) is 25.6 Å². The van der Waals surface area contributed by atoms with Gasteiger partial charge in [-0.25, -0.2) is 4.98 Å². The summed E-state index contributed by atoms with van der Waals surface area (Å²) in [7, 11) is 1.52. The molecule has 1 aromatic carbocycles. The second kappa shape index (κ2) is 8.88. The molecule has 144 valence electrons. The van der Waals surface area contributed by atoms with Gasteiger partial charge in [0, 0.05) is 6.20 Å². The number of aromatic nitrogens is 1. The molecule has 0 aliphatic heterocycles. The summed E-state index contributed by atoms with van der Waals surface area (Å²) in [6.45, 7) is -0.689. The maximum atomic E-state index is 12.4. The number of halogens is 3. The fraction of sp³-hybridized carbons (Fsp3) is 0.235. The minimum atomic E-state index is -4.51. The Labute approximate surface area is 152 Å². The Morgan fingerprint density at radius 1 is 1.04 bits per heavy atom. The molecule has 0 saturated carbocycles. The molecule has 10 heteroatoms. The van der Waals surface area contributed by atoms with Crippen LogP contribution in [-0.2, 0) is 15.8 Å². The molecule has 2 N–H and O–H groups in total. The van der Waals surface area contributed by atoms with Gasteiger partial charge >= 0.3 is 6.18 Å². The number of ether oxygens (including phenoxy) is 2. The van der Waals surface area contributed by atoms with Crippen molar-refractivity contribution in [3.8, 4) is 11.5 Å². The summed E-state index contributed by atoms with van der Waals surface area (Å²) < 4.78 is 47.5. The van der Waals surface area contributed by atoms with Crippen LogP contribution in [0.5, 0.6) is 11.5 Å². The minimum Gasteiger partial charge on any atom is -0.497 e. The second-order valence-electron chi connectivity index (χ2n) is 5.22. The van der Waals surface area contributed by atoms with E-state index in [2.05, 4.69) is 15.6 Å². The molecule has 27 heavy (non-hydrogen) atoms. The third kappa shape index (κ3) is 6.49. The fourth-order valence-electron chi connectivity index (χ4n) is 1.87. The molecule has 0 aliphatic rings. The van der Waals surface area contributed by atoms with E-state index in [1.807, 2.05) is 0 Å². The molecule has 2 rings (SSSR count). The van der Waals surface area contributed by atoms with Crippen LogP contribution in [0.15, 0.2) is 42.6 Å². The maximum Gasteiger partial charge on any atom is 0.417 e. The molecular weight excluding hydrogens is 367 g/mol. The molecule has 2 amide bonds. The first-order chi connectivity index (χ1) is 12.8. The molecule has 0 unspecified atom stereocenters. The molecule has 0 spiro atoms. The van der Waals surface area contributed by atoms with E-state index in [0.717, 1.165) is 12.1 Å². The van der Waals surface area contributed by atoms with Crippen LogP contribution in [0, 0.1) is 0 Å². The summed E-state index contributed by atoms with van der Waals surface area (Å²) in [5.74, 6) is -0.150. The van der Waals surface area contributed by atoms with Gasteiger partial charge in [-0.3, -0.25) is 9.59 Å². The van der Waals surface area contributed by atoms with E-state index in [9.17, 15) is 22.8 Å². The van der Waals surface area contributed by atoms with E-state index >= 15 is 0 Å². The molecule has 0 fully saturated rings. The number of methoxy groups -OCH3 is 1. The van der Waals surface area contributed by atoms with Gasteiger partial charge in [0.2, 0.25) is 5.91 Å². The van der Waals surface area contributed by atoms with Gasteiger partial charge in [-0.1, -0.05) is 0 Å². The number of rotatable bonds is 7.